The number of aliphatic hydroxyl groups is 1. The third-order valence-corrected chi connectivity index (χ3v) is 2.52. The summed E-state index contributed by atoms with van der Waals surface area (Å²) >= 11 is 0. The monoisotopic (exact) mass is 268 g/mol. The number of aliphatic carboxylic acids is 1. The van der Waals surface area contributed by atoms with Gasteiger partial charge < -0.3 is 26.0 Å². The van der Waals surface area contributed by atoms with Crippen molar-refractivity contribution in [1.82, 2.24) is 5.32 Å². The van der Waals surface area contributed by atoms with E-state index in [1.165, 1.54) is 19.2 Å². The van der Waals surface area contributed by atoms with Crippen LogP contribution in [-0.2, 0) is 4.79 Å². The lowest BCUT2D eigenvalue weighted by atomic mass is 10.1. The van der Waals surface area contributed by atoms with Crippen LogP contribution >= 0.6 is 0 Å². The molecule has 0 unspecified atom stereocenters. The molecule has 104 valence electrons. The normalized spacial score (nSPS) is 11.7. The predicted molar refractivity (Wildman–Crippen MR) is 68.0 cm³/mol. The zero-order valence-electron chi connectivity index (χ0n) is 10.4. The third kappa shape index (κ3) is 3.85. The molecular weight excluding hydrogens is 252 g/mol. The molecule has 7 heteroatoms. The first-order chi connectivity index (χ1) is 8.99. The third-order valence-electron chi connectivity index (χ3n) is 2.52. The van der Waals surface area contributed by atoms with Crippen LogP contribution in [0.25, 0.3) is 0 Å². The van der Waals surface area contributed by atoms with Crippen molar-refractivity contribution >= 4 is 17.6 Å². The predicted octanol–water partition coefficient (Wildman–Crippen LogP) is -0.157. The number of carboxylic acid groups (broad SMARTS) is 1. The highest BCUT2D eigenvalue weighted by Gasteiger charge is 2.21. The summed E-state index contributed by atoms with van der Waals surface area (Å²) in [4.78, 5) is 22.7. The summed E-state index contributed by atoms with van der Waals surface area (Å²) in [7, 11) is 1.47. The molecule has 0 spiro atoms. The van der Waals surface area contributed by atoms with Gasteiger partial charge in [0.15, 0.2) is 0 Å². The van der Waals surface area contributed by atoms with E-state index in [4.69, 9.17) is 20.7 Å². The minimum absolute atomic E-state index is 0.0723. The number of nitrogen functional groups attached to an aromatic ring is 1. The topological polar surface area (TPSA) is 122 Å². The molecule has 0 radical (unpaired) electrons. The van der Waals surface area contributed by atoms with Gasteiger partial charge in [0, 0.05) is 24.8 Å². The van der Waals surface area contributed by atoms with Gasteiger partial charge >= 0.3 is 5.97 Å². The van der Waals surface area contributed by atoms with Crippen LogP contribution in [0.5, 0.6) is 5.75 Å². The molecule has 1 aromatic carbocycles. The van der Waals surface area contributed by atoms with Gasteiger partial charge in [0.05, 0.1) is 12.7 Å². The summed E-state index contributed by atoms with van der Waals surface area (Å²) in [6.07, 6.45) is -0.0723. The number of benzene rings is 1. The Morgan fingerprint density at radius 1 is 1.47 bits per heavy atom. The average molecular weight is 268 g/mol. The van der Waals surface area contributed by atoms with E-state index in [1.807, 2.05) is 0 Å². The van der Waals surface area contributed by atoms with Crippen molar-refractivity contribution in [2.75, 3.05) is 19.5 Å². The van der Waals surface area contributed by atoms with Crippen molar-refractivity contribution in [2.45, 2.75) is 12.5 Å². The van der Waals surface area contributed by atoms with Gasteiger partial charge in [-0.15, -0.1) is 0 Å². The van der Waals surface area contributed by atoms with E-state index in [1.54, 1.807) is 6.07 Å². The highest BCUT2D eigenvalue weighted by molar-refractivity contribution is 6.01. The van der Waals surface area contributed by atoms with Gasteiger partial charge in [0.25, 0.3) is 5.91 Å². The number of methoxy groups -OCH3 is 1. The lowest BCUT2D eigenvalue weighted by Crippen LogP contribution is -2.41. The van der Waals surface area contributed by atoms with Crippen LogP contribution in [0.4, 0.5) is 5.69 Å². The van der Waals surface area contributed by atoms with Gasteiger partial charge in [-0.1, -0.05) is 0 Å². The van der Waals surface area contributed by atoms with Gasteiger partial charge in [-0.3, -0.25) is 4.79 Å². The number of anilines is 1. The van der Waals surface area contributed by atoms with Gasteiger partial charge in [0.2, 0.25) is 0 Å². The molecule has 0 bridgehead atoms. The van der Waals surface area contributed by atoms with E-state index in [-0.39, 0.29) is 24.3 Å². The Morgan fingerprint density at radius 3 is 2.63 bits per heavy atom. The van der Waals surface area contributed by atoms with Crippen molar-refractivity contribution in [3.8, 4) is 5.75 Å². The summed E-state index contributed by atoms with van der Waals surface area (Å²) in [6.45, 7) is -0.338. The Labute approximate surface area is 110 Å². The Morgan fingerprint density at radius 2 is 2.16 bits per heavy atom. The average Bonchev–Trinajstić information content (AvgIpc) is 2.37. The van der Waals surface area contributed by atoms with Gasteiger partial charge in [-0.2, -0.15) is 0 Å². The highest BCUT2D eigenvalue weighted by Crippen LogP contribution is 2.19. The van der Waals surface area contributed by atoms with Crippen molar-refractivity contribution < 1.29 is 24.5 Å². The summed E-state index contributed by atoms with van der Waals surface area (Å²) in [5, 5.41) is 19.9. The number of aliphatic hydroxyl groups excluding tert-OH is 1. The number of hydrogen-bond acceptors (Lipinski definition) is 5. The molecule has 0 saturated heterocycles. The second-order valence-corrected chi connectivity index (χ2v) is 3.83. The number of carbonyl (C=O) groups excluding carboxylic acids is 1. The first-order valence-corrected chi connectivity index (χ1v) is 5.57. The maximum atomic E-state index is 11.9. The number of ether oxygens (including phenoxy) is 1. The number of rotatable bonds is 6. The largest absolute Gasteiger partial charge is 0.497 e. The fourth-order valence-electron chi connectivity index (χ4n) is 1.50. The molecule has 0 aliphatic carbocycles. The first-order valence-electron chi connectivity index (χ1n) is 5.57. The molecule has 0 fully saturated rings. The van der Waals surface area contributed by atoms with Crippen molar-refractivity contribution in [3.63, 3.8) is 0 Å². The molecule has 7 nitrogen and oxygen atoms in total. The molecule has 1 atom stereocenters. The maximum absolute atomic E-state index is 11.9. The number of carbonyl (C=O) groups is 2. The number of nitrogens with two attached hydrogens (primary N) is 1. The van der Waals surface area contributed by atoms with Gasteiger partial charge in [0.1, 0.15) is 11.8 Å². The van der Waals surface area contributed by atoms with E-state index in [0.717, 1.165) is 0 Å². The molecule has 0 saturated carbocycles. The fourth-order valence-corrected chi connectivity index (χ4v) is 1.50. The first kappa shape index (κ1) is 14.8. The van der Waals surface area contributed by atoms with Crippen molar-refractivity contribution in [3.05, 3.63) is 23.8 Å². The van der Waals surface area contributed by atoms with Gasteiger partial charge in [-0.25, -0.2) is 4.79 Å². The van der Waals surface area contributed by atoms with Crippen LogP contribution in [-0.4, -0.2) is 41.8 Å². The summed E-state index contributed by atoms with van der Waals surface area (Å²) in [5.41, 5.74) is 6.03. The minimum atomic E-state index is -1.21. The van der Waals surface area contributed by atoms with Crippen LogP contribution in [0.3, 0.4) is 0 Å². The maximum Gasteiger partial charge on any atom is 0.326 e. The molecule has 1 amide bonds. The van der Waals surface area contributed by atoms with E-state index < -0.39 is 17.9 Å². The van der Waals surface area contributed by atoms with Crippen molar-refractivity contribution in [1.29, 1.82) is 0 Å². The number of carboxylic acids is 1. The number of nitrogens with one attached hydrogen (secondary N) is 1. The number of hydrogen-bond donors (Lipinski definition) is 4. The zero-order chi connectivity index (χ0) is 14.4. The van der Waals surface area contributed by atoms with E-state index in [0.29, 0.717) is 5.75 Å². The minimum Gasteiger partial charge on any atom is -0.497 e. The Kier molecular flexibility index (Phi) is 5.13. The quantitative estimate of drug-likeness (QED) is 0.532. The molecule has 19 heavy (non-hydrogen) atoms. The molecule has 1 aromatic rings. The van der Waals surface area contributed by atoms with Crippen LogP contribution in [0.1, 0.15) is 16.8 Å². The zero-order valence-corrected chi connectivity index (χ0v) is 10.4. The van der Waals surface area contributed by atoms with Crippen LogP contribution < -0.4 is 15.8 Å². The van der Waals surface area contributed by atoms with E-state index in [9.17, 15) is 9.59 Å². The van der Waals surface area contributed by atoms with Crippen LogP contribution in [0, 0.1) is 0 Å². The second kappa shape index (κ2) is 6.60. The SMILES string of the molecule is COc1ccc(C(=O)N[C@@H](CCO)C(=O)O)c(N)c1. The lowest BCUT2D eigenvalue weighted by Gasteiger charge is -2.14. The van der Waals surface area contributed by atoms with Gasteiger partial charge in [-0.05, 0) is 12.1 Å². The summed E-state index contributed by atoms with van der Waals surface area (Å²) in [5.74, 6) is -1.32. The number of amides is 1. The smallest absolute Gasteiger partial charge is 0.326 e. The summed E-state index contributed by atoms with van der Waals surface area (Å²) < 4.78 is 4.95. The Balaban J connectivity index is 2.85. The van der Waals surface area contributed by atoms with E-state index in [2.05, 4.69) is 5.32 Å². The second-order valence-electron chi connectivity index (χ2n) is 3.83. The Hall–Kier alpha value is -2.28. The lowest BCUT2D eigenvalue weighted by molar-refractivity contribution is -0.139. The molecule has 1 rings (SSSR count). The molecule has 0 aromatic heterocycles. The van der Waals surface area contributed by atoms with Crippen LogP contribution in [0.15, 0.2) is 18.2 Å². The molecule has 0 aliphatic heterocycles. The van der Waals surface area contributed by atoms with Crippen molar-refractivity contribution in [2.24, 2.45) is 0 Å². The fraction of sp³-hybridized carbons (Fsp3) is 0.333. The Bertz CT molecular complexity index is 475. The summed E-state index contributed by atoms with van der Waals surface area (Å²) in [6, 6.07) is 3.31. The van der Waals surface area contributed by atoms with Crippen LogP contribution in [0.2, 0.25) is 0 Å². The van der Waals surface area contributed by atoms with E-state index >= 15 is 0 Å². The standard InChI is InChI=1S/C12H16N2O5/c1-19-7-2-3-8(9(13)6-7)11(16)14-10(4-5-15)12(17)18/h2-3,6,10,15H,4-5,13H2,1H3,(H,14,16)(H,17,18)/t10-/m0/s1. The molecular formula is C12H16N2O5. The highest BCUT2D eigenvalue weighted by atomic mass is 16.5. The molecule has 0 aliphatic rings. The molecule has 5 N–H and O–H groups in total. The molecule has 0 heterocycles.